The van der Waals surface area contributed by atoms with Crippen molar-refractivity contribution in [2.75, 3.05) is 6.26 Å². The van der Waals surface area contributed by atoms with Crippen LogP contribution in [0.4, 0.5) is 8.78 Å². The Balaban J connectivity index is 1.81. The van der Waals surface area contributed by atoms with Crippen LogP contribution >= 0.6 is 23.2 Å². The topological polar surface area (TPSA) is 81.1 Å². The second-order valence-corrected chi connectivity index (χ2v) is 9.95. The Bertz CT molecular complexity index is 1550. The predicted octanol–water partition coefficient (Wildman–Crippen LogP) is 5.28. The summed E-state index contributed by atoms with van der Waals surface area (Å²) in [6.07, 6.45) is 3.85. The van der Waals surface area contributed by atoms with Crippen molar-refractivity contribution in [3.63, 3.8) is 0 Å². The molecular formula is C22H15Cl2F2N3O3S. The average molecular weight is 510 g/mol. The maximum atomic E-state index is 14.7. The Labute approximate surface area is 197 Å². The molecule has 0 saturated heterocycles. The highest BCUT2D eigenvalue weighted by molar-refractivity contribution is 7.89. The van der Waals surface area contributed by atoms with E-state index in [1.54, 1.807) is 30.0 Å². The Morgan fingerprint density at radius 3 is 2.48 bits per heavy atom. The van der Waals surface area contributed by atoms with Gasteiger partial charge in [0, 0.05) is 29.4 Å². The third kappa shape index (κ3) is 4.57. The van der Waals surface area contributed by atoms with Gasteiger partial charge in [-0.05, 0) is 42.3 Å². The van der Waals surface area contributed by atoms with E-state index in [1.165, 1.54) is 22.9 Å². The Morgan fingerprint density at radius 2 is 1.82 bits per heavy atom. The van der Waals surface area contributed by atoms with Gasteiger partial charge >= 0.3 is 0 Å². The molecule has 0 radical (unpaired) electrons. The molecule has 2 aromatic heterocycles. The molecule has 4 rings (SSSR count). The summed E-state index contributed by atoms with van der Waals surface area (Å²) in [6, 6.07) is 8.21. The van der Waals surface area contributed by atoms with E-state index in [0.717, 1.165) is 29.5 Å². The van der Waals surface area contributed by atoms with E-state index < -0.39 is 27.3 Å². The first-order chi connectivity index (χ1) is 15.4. The summed E-state index contributed by atoms with van der Waals surface area (Å²) in [4.78, 5) is 16.5. The molecule has 0 atom stereocenters. The van der Waals surface area contributed by atoms with Gasteiger partial charge < -0.3 is 0 Å². The highest BCUT2D eigenvalue weighted by atomic mass is 35.5. The van der Waals surface area contributed by atoms with Crippen molar-refractivity contribution in [2.24, 2.45) is 0 Å². The molecule has 4 aromatic rings. The van der Waals surface area contributed by atoms with Gasteiger partial charge in [0.1, 0.15) is 17.3 Å². The summed E-state index contributed by atoms with van der Waals surface area (Å²) in [7, 11) is -3.88. The SMILES string of the molecule is Cc1cc(F)ccc1-c1cnc2c(c1)c(Cl)cn2-c1cc(F)c(C(=O)NS(C)(=O)=O)cc1Cl. The molecular weight excluding hydrogens is 495 g/mol. The lowest BCUT2D eigenvalue weighted by atomic mass is 10.0. The standard InChI is InChI=1S/C22H15Cl2F2N3O3S/c1-11-5-13(25)3-4-14(11)12-6-15-18(24)10-29(21(15)27-9-12)20-8-19(26)16(7-17(20)23)22(30)28-33(2,31)32/h3-10H,1-2H3,(H,28,30). The number of pyridine rings is 1. The number of hydrogen-bond acceptors (Lipinski definition) is 4. The third-order valence-corrected chi connectivity index (χ3v) is 6.07. The number of carbonyl (C=O) groups is 1. The van der Waals surface area contributed by atoms with E-state index in [4.69, 9.17) is 23.2 Å². The molecule has 33 heavy (non-hydrogen) atoms. The first-order valence-corrected chi connectivity index (χ1v) is 12.0. The third-order valence-electron chi connectivity index (χ3n) is 4.91. The number of sulfonamides is 1. The lowest BCUT2D eigenvalue weighted by molar-refractivity contribution is 0.0978. The van der Waals surface area contributed by atoms with Crippen molar-refractivity contribution >= 4 is 50.2 Å². The number of nitrogens with zero attached hydrogens (tertiary/aromatic N) is 2. The number of fused-ring (bicyclic) bond motifs is 1. The molecule has 2 heterocycles. The van der Waals surface area contributed by atoms with E-state index in [-0.39, 0.29) is 16.5 Å². The molecule has 0 fully saturated rings. The average Bonchev–Trinajstić information content (AvgIpc) is 3.04. The number of halogens is 4. The zero-order valence-electron chi connectivity index (χ0n) is 17.2. The summed E-state index contributed by atoms with van der Waals surface area (Å²) in [6.45, 7) is 1.78. The predicted molar refractivity (Wildman–Crippen MR) is 123 cm³/mol. The molecule has 0 unspecified atom stereocenters. The second-order valence-electron chi connectivity index (χ2n) is 7.39. The molecule has 170 valence electrons. The van der Waals surface area contributed by atoms with Crippen LogP contribution in [0.3, 0.4) is 0 Å². The number of aryl methyl sites for hydroxylation is 1. The number of rotatable bonds is 4. The summed E-state index contributed by atoms with van der Waals surface area (Å²) >= 11 is 12.7. The van der Waals surface area contributed by atoms with E-state index >= 15 is 0 Å². The van der Waals surface area contributed by atoms with Crippen LogP contribution in [0.25, 0.3) is 27.8 Å². The van der Waals surface area contributed by atoms with Crippen molar-refractivity contribution in [1.29, 1.82) is 0 Å². The number of hydrogen-bond donors (Lipinski definition) is 1. The van der Waals surface area contributed by atoms with E-state index in [2.05, 4.69) is 4.98 Å². The fourth-order valence-electron chi connectivity index (χ4n) is 3.47. The van der Waals surface area contributed by atoms with Crippen LogP contribution in [0, 0.1) is 18.6 Å². The molecule has 1 N–H and O–H groups in total. The quantitative estimate of drug-likeness (QED) is 0.406. The van der Waals surface area contributed by atoms with Gasteiger partial charge in [-0.25, -0.2) is 26.9 Å². The first kappa shape index (κ1) is 23.2. The van der Waals surface area contributed by atoms with Crippen LogP contribution in [0.1, 0.15) is 15.9 Å². The first-order valence-electron chi connectivity index (χ1n) is 9.39. The fraction of sp³-hybridized carbons (Fsp3) is 0.0909. The molecule has 11 heteroatoms. The van der Waals surface area contributed by atoms with Gasteiger partial charge in [0.2, 0.25) is 10.0 Å². The van der Waals surface area contributed by atoms with Crippen molar-refractivity contribution < 1.29 is 22.0 Å². The minimum absolute atomic E-state index is 0.0242. The van der Waals surface area contributed by atoms with Crippen molar-refractivity contribution in [1.82, 2.24) is 14.3 Å². The molecule has 0 aliphatic heterocycles. The number of aromatic nitrogens is 2. The van der Waals surface area contributed by atoms with E-state index in [0.29, 0.717) is 21.6 Å². The van der Waals surface area contributed by atoms with Crippen LogP contribution in [0.2, 0.25) is 10.0 Å². The van der Waals surface area contributed by atoms with Crippen molar-refractivity contribution in [3.8, 4) is 16.8 Å². The maximum absolute atomic E-state index is 14.7. The second kappa shape index (κ2) is 8.40. The van der Waals surface area contributed by atoms with Gasteiger partial charge in [-0.1, -0.05) is 29.3 Å². The van der Waals surface area contributed by atoms with Crippen LogP contribution in [-0.4, -0.2) is 30.1 Å². The van der Waals surface area contributed by atoms with Gasteiger partial charge in [-0.3, -0.25) is 9.36 Å². The summed E-state index contributed by atoms with van der Waals surface area (Å²) < 4.78 is 53.9. The van der Waals surface area contributed by atoms with Crippen molar-refractivity contribution in [3.05, 3.63) is 81.6 Å². The number of amides is 1. The minimum Gasteiger partial charge on any atom is -0.298 e. The Hall–Kier alpha value is -3.01. The Morgan fingerprint density at radius 1 is 1.09 bits per heavy atom. The van der Waals surface area contributed by atoms with Gasteiger partial charge in [0.25, 0.3) is 5.91 Å². The molecule has 0 aliphatic rings. The summed E-state index contributed by atoms with van der Waals surface area (Å²) in [5.41, 5.74) is 2.21. The monoisotopic (exact) mass is 509 g/mol. The molecule has 0 aliphatic carbocycles. The van der Waals surface area contributed by atoms with E-state index in [1.807, 2.05) is 0 Å². The van der Waals surface area contributed by atoms with Crippen LogP contribution in [0.5, 0.6) is 0 Å². The molecule has 0 bridgehead atoms. The van der Waals surface area contributed by atoms with Crippen LogP contribution in [0.15, 0.2) is 48.8 Å². The molecule has 1 amide bonds. The number of nitrogens with one attached hydrogen (secondary N) is 1. The summed E-state index contributed by atoms with van der Waals surface area (Å²) in [5.74, 6) is -2.47. The molecule has 0 spiro atoms. The highest BCUT2D eigenvalue weighted by Crippen LogP contribution is 2.34. The lowest BCUT2D eigenvalue weighted by Crippen LogP contribution is -2.30. The molecule has 6 nitrogen and oxygen atoms in total. The van der Waals surface area contributed by atoms with Gasteiger partial charge in [0.15, 0.2) is 0 Å². The number of carbonyl (C=O) groups excluding carboxylic acids is 1. The van der Waals surface area contributed by atoms with Gasteiger partial charge in [-0.2, -0.15) is 0 Å². The fourth-order valence-corrected chi connectivity index (χ4v) is 4.41. The zero-order valence-corrected chi connectivity index (χ0v) is 19.5. The normalized spacial score (nSPS) is 11.7. The van der Waals surface area contributed by atoms with E-state index in [9.17, 15) is 22.0 Å². The lowest BCUT2D eigenvalue weighted by Gasteiger charge is -2.11. The van der Waals surface area contributed by atoms with Crippen LogP contribution in [-0.2, 0) is 10.0 Å². The molecule has 2 aromatic carbocycles. The summed E-state index contributed by atoms with van der Waals surface area (Å²) in [5, 5.41) is 0.839. The largest absolute Gasteiger partial charge is 0.298 e. The molecule has 0 saturated carbocycles. The van der Waals surface area contributed by atoms with Crippen molar-refractivity contribution in [2.45, 2.75) is 6.92 Å². The smallest absolute Gasteiger partial charge is 0.267 e. The Kier molecular flexibility index (Phi) is 5.90. The zero-order chi connectivity index (χ0) is 24.1. The number of benzene rings is 2. The highest BCUT2D eigenvalue weighted by Gasteiger charge is 2.21. The van der Waals surface area contributed by atoms with Gasteiger partial charge in [-0.15, -0.1) is 0 Å². The maximum Gasteiger partial charge on any atom is 0.267 e. The minimum atomic E-state index is -3.88. The van der Waals surface area contributed by atoms with Gasteiger partial charge in [0.05, 0.1) is 27.6 Å². The van der Waals surface area contributed by atoms with Crippen LogP contribution < -0.4 is 4.72 Å².